The monoisotopic (exact) mass is 367 g/mol. The summed E-state index contributed by atoms with van der Waals surface area (Å²) >= 11 is 0. The van der Waals surface area contributed by atoms with Gasteiger partial charge in [-0.25, -0.2) is 0 Å². The smallest absolute Gasteiger partial charge is 0.313 e. The Bertz CT molecular complexity index is 790. The van der Waals surface area contributed by atoms with Gasteiger partial charge in [-0.3, -0.25) is 24.4 Å². The standard InChI is InChI=1S/C19H21N5O3/c25-17(18(26)23-16-4-2-8-21-13-16)22-11-14-5-9-24(10-6-14)19(27)15-3-1-7-20-12-15/h1-4,7-8,12-14H,5-6,9-11H2,(H,22,25)(H,23,26). The van der Waals surface area contributed by atoms with Crippen molar-refractivity contribution < 1.29 is 14.4 Å². The largest absolute Gasteiger partial charge is 0.348 e. The maximum atomic E-state index is 12.4. The van der Waals surface area contributed by atoms with Gasteiger partial charge in [0.25, 0.3) is 5.91 Å². The van der Waals surface area contributed by atoms with Crippen molar-refractivity contribution in [1.82, 2.24) is 20.2 Å². The SMILES string of the molecule is O=C(NCC1CCN(C(=O)c2cccnc2)CC1)C(=O)Nc1cccnc1. The van der Waals surface area contributed by atoms with Gasteiger partial charge >= 0.3 is 11.8 Å². The minimum atomic E-state index is -0.716. The van der Waals surface area contributed by atoms with Gasteiger partial charge in [-0.2, -0.15) is 0 Å². The third-order valence-electron chi connectivity index (χ3n) is 4.49. The van der Waals surface area contributed by atoms with Crippen LogP contribution in [0.2, 0.25) is 0 Å². The van der Waals surface area contributed by atoms with Gasteiger partial charge in [-0.1, -0.05) is 0 Å². The molecule has 1 fully saturated rings. The number of nitrogens with zero attached hydrogens (tertiary/aromatic N) is 3. The molecule has 0 aliphatic carbocycles. The first kappa shape index (κ1) is 18.5. The van der Waals surface area contributed by atoms with Crippen LogP contribution in [0.1, 0.15) is 23.2 Å². The molecule has 0 bridgehead atoms. The Morgan fingerprint density at radius 3 is 2.33 bits per heavy atom. The van der Waals surface area contributed by atoms with E-state index in [1.165, 1.54) is 6.20 Å². The molecule has 0 aromatic carbocycles. The zero-order chi connectivity index (χ0) is 19.1. The summed E-state index contributed by atoms with van der Waals surface area (Å²) in [5, 5.41) is 5.16. The fraction of sp³-hybridized carbons (Fsp3) is 0.316. The van der Waals surface area contributed by atoms with Crippen LogP contribution < -0.4 is 10.6 Å². The molecule has 2 aromatic heterocycles. The summed E-state index contributed by atoms with van der Waals surface area (Å²) in [5.41, 5.74) is 1.05. The van der Waals surface area contributed by atoms with E-state index in [-0.39, 0.29) is 11.8 Å². The molecule has 8 nitrogen and oxygen atoms in total. The normalized spacial score (nSPS) is 14.4. The number of carbonyl (C=O) groups excluding carboxylic acids is 3. The minimum Gasteiger partial charge on any atom is -0.348 e. The average molecular weight is 367 g/mol. The van der Waals surface area contributed by atoms with E-state index in [2.05, 4.69) is 20.6 Å². The summed E-state index contributed by atoms with van der Waals surface area (Å²) in [5.74, 6) is -1.18. The summed E-state index contributed by atoms with van der Waals surface area (Å²) < 4.78 is 0. The highest BCUT2D eigenvalue weighted by Crippen LogP contribution is 2.18. The van der Waals surface area contributed by atoms with Gasteiger partial charge in [0.2, 0.25) is 0 Å². The Morgan fingerprint density at radius 1 is 1.00 bits per heavy atom. The minimum absolute atomic E-state index is 0.0265. The van der Waals surface area contributed by atoms with E-state index in [0.29, 0.717) is 30.9 Å². The topological polar surface area (TPSA) is 104 Å². The van der Waals surface area contributed by atoms with Crippen molar-refractivity contribution in [1.29, 1.82) is 0 Å². The number of piperidine rings is 1. The molecule has 3 heterocycles. The molecule has 140 valence electrons. The average Bonchev–Trinajstić information content (AvgIpc) is 2.73. The van der Waals surface area contributed by atoms with E-state index in [1.54, 1.807) is 47.8 Å². The Morgan fingerprint density at radius 2 is 1.70 bits per heavy atom. The summed E-state index contributed by atoms with van der Waals surface area (Å²) in [6.07, 6.45) is 7.81. The Balaban J connectivity index is 1.41. The fourth-order valence-corrected chi connectivity index (χ4v) is 2.95. The van der Waals surface area contributed by atoms with E-state index in [0.717, 1.165) is 12.8 Å². The molecular formula is C19H21N5O3. The van der Waals surface area contributed by atoms with Gasteiger partial charge in [-0.05, 0) is 43.0 Å². The van der Waals surface area contributed by atoms with Crippen molar-refractivity contribution in [2.45, 2.75) is 12.8 Å². The lowest BCUT2D eigenvalue weighted by Gasteiger charge is -2.32. The van der Waals surface area contributed by atoms with E-state index in [1.807, 2.05) is 0 Å². The predicted molar refractivity (Wildman–Crippen MR) is 98.7 cm³/mol. The molecule has 0 saturated carbocycles. The van der Waals surface area contributed by atoms with Gasteiger partial charge in [0.05, 0.1) is 17.4 Å². The van der Waals surface area contributed by atoms with Gasteiger partial charge in [-0.15, -0.1) is 0 Å². The lowest BCUT2D eigenvalue weighted by Crippen LogP contribution is -2.43. The van der Waals surface area contributed by atoms with Crippen molar-refractivity contribution in [3.63, 3.8) is 0 Å². The molecule has 2 aromatic rings. The third-order valence-corrected chi connectivity index (χ3v) is 4.49. The van der Waals surface area contributed by atoms with E-state index < -0.39 is 11.8 Å². The second kappa shape index (κ2) is 8.88. The lowest BCUT2D eigenvalue weighted by molar-refractivity contribution is -0.136. The van der Waals surface area contributed by atoms with Crippen molar-refractivity contribution in [3.05, 3.63) is 54.6 Å². The molecule has 0 unspecified atom stereocenters. The van der Waals surface area contributed by atoms with E-state index >= 15 is 0 Å². The molecule has 0 spiro atoms. The molecule has 8 heteroatoms. The molecule has 27 heavy (non-hydrogen) atoms. The molecule has 0 atom stereocenters. The summed E-state index contributed by atoms with van der Waals surface area (Å²) in [4.78, 5) is 45.8. The van der Waals surface area contributed by atoms with Crippen molar-refractivity contribution >= 4 is 23.4 Å². The van der Waals surface area contributed by atoms with E-state index in [9.17, 15) is 14.4 Å². The van der Waals surface area contributed by atoms with Crippen molar-refractivity contribution in [2.24, 2.45) is 5.92 Å². The van der Waals surface area contributed by atoms with Gasteiger partial charge in [0, 0.05) is 38.2 Å². The highest BCUT2D eigenvalue weighted by Gasteiger charge is 2.24. The molecule has 0 radical (unpaired) electrons. The van der Waals surface area contributed by atoms with Crippen LogP contribution in [0.4, 0.5) is 5.69 Å². The highest BCUT2D eigenvalue weighted by molar-refractivity contribution is 6.39. The molecule has 1 saturated heterocycles. The molecule has 1 aliphatic heterocycles. The number of amides is 3. The van der Waals surface area contributed by atoms with Crippen LogP contribution in [0.5, 0.6) is 0 Å². The maximum Gasteiger partial charge on any atom is 0.313 e. The molecule has 3 rings (SSSR count). The Kier molecular flexibility index (Phi) is 6.09. The quantitative estimate of drug-likeness (QED) is 0.787. The molecular weight excluding hydrogens is 346 g/mol. The molecule has 1 aliphatic rings. The third kappa shape index (κ3) is 5.10. The summed E-state index contributed by atoms with van der Waals surface area (Å²) in [7, 11) is 0. The van der Waals surface area contributed by atoms with Crippen LogP contribution in [-0.4, -0.2) is 52.2 Å². The van der Waals surface area contributed by atoms with Crippen LogP contribution in [-0.2, 0) is 9.59 Å². The molecule has 3 amide bonds. The highest BCUT2D eigenvalue weighted by atomic mass is 16.2. The number of hydrogen-bond donors (Lipinski definition) is 2. The number of pyridine rings is 2. The van der Waals surface area contributed by atoms with E-state index in [4.69, 9.17) is 0 Å². The first-order valence-corrected chi connectivity index (χ1v) is 8.82. The fourth-order valence-electron chi connectivity index (χ4n) is 2.95. The molecule has 2 N–H and O–H groups in total. The first-order valence-electron chi connectivity index (χ1n) is 8.82. The van der Waals surface area contributed by atoms with Crippen LogP contribution in [0, 0.1) is 5.92 Å². The number of aromatic nitrogens is 2. The van der Waals surface area contributed by atoms with Gasteiger partial charge < -0.3 is 15.5 Å². The van der Waals surface area contributed by atoms with Crippen LogP contribution in [0.3, 0.4) is 0 Å². The number of anilines is 1. The van der Waals surface area contributed by atoms with Crippen LogP contribution in [0.15, 0.2) is 49.1 Å². The number of rotatable bonds is 4. The first-order chi connectivity index (χ1) is 13.1. The summed E-state index contributed by atoms with van der Waals surface area (Å²) in [6.45, 7) is 1.65. The van der Waals surface area contributed by atoms with Crippen molar-refractivity contribution in [2.75, 3.05) is 25.0 Å². The number of nitrogens with one attached hydrogen (secondary N) is 2. The summed E-state index contributed by atoms with van der Waals surface area (Å²) in [6, 6.07) is 6.83. The second-order valence-corrected chi connectivity index (χ2v) is 6.38. The van der Waals surface area contributed by atoms with Gasteiger partial charge in [0.1, 0.15) is 0 Å². The Hall–Kier alpha value is -3.29. The Labute approximate surface area is 157 Å². The lowest BCUT2D eigenvalue weighted by atomic mass is 9.96. The zero-order valence-electron chi connectivity index (χ0n) is 14.8. The maximum absolute atomic E-state index is 12.4. The number of hydrogen-bond acceptors (Lipinski definition) is 5. The second-order valence-electron chi connectivity index (χ2n) is 6.38. The predicted octanol–water partition coefficient (Wildman–Crippen LogP) is 1.08. The number of likely N-dealkylation sites (tertiary alicyclic amines) is 1. The zero-order valence-corrected chi connectivity index (χ0v) is 14.8. The van der Waals surface area contributed by atoms with Gasteiger partial charge in [0.15, 0.2) is 0 Å². The number of carbonyl (C=O) groups is 3. The van der Waals surface area contributed by atoms with Crippen molar-refractivity contribution in [3.8, 4) is 0 Å². The van der Waals surface area contributed by atoms with Crippen LogP contribution >= 0.6 is 0 Å². The van der Waals surface area contributed by atoms with Crippen LogP contribution in [0.25, 0.3) is 0 Å².